The number of alkyl halides is 9. The van der Waals surface area contributed by atoms with Crippen molar-refractivity contribution in [3.05, 3.63) is 76.1 Å². The van der Waals surface area contributed by atoms with E-state index in [1.807, 2.05) is 0 Å². The van der Waals surface area contributed by atoms with Gasteiger partial charge in [-0.15, -0.1) is 0 Å². The first-order chi connectivity index (χ1) is 24.1. The SMILES string of the molecule is CC[C@]1(N)C[C@H](c2ncc(OCC(O)CO)c(Cc3cc(C(F)(F)F)cc(C(F)(F)F)c3)n2)c2nc(C(F)(F)F)ccc2N1C(=O)OCCC(=O)O. The number of aliphatic hydroxyl groups is 2. The molecule has 1 aliphatic rings. The molecule has 4 rings (SSSR count). The number of nitrogens with zero attached hydrogens (tertiary/aromatic N) is 4. The largest absolute Gasteiger partial charge is 0.487 e. The molecule has 0 spiro atoms. The number of aliphatic carboxylic acids is 1. The van der Waals surface area contributed by atoms with Gasteiger partial charge in [-0.1, -0.05) is 6.92 Å². The maximum Gasteiger partial charge on any atom is 0.433 e. The molecule has 1 amide bonds. The molecular weight excluding hydrogens is 725 g/mol. The lowest BCUT2D eigenvalue weighted by atomic mass is 9.83. The lowest BCUT2D eigenvalue weighted by Gasteiger charge is -2.46. The molecule has 0 bridgehead atoms. The van der Waals surface area contributed by atoms with Crippen LogP contribution < -0.4 is 15.4 Å². The maximum absolute atomic E-state index is 13.9. The van der Waals surface area contributed by atoms with E-state index in [1.165, 1.54) is 6.92 Å². The van der Waals surface area contributed by atoms with Gasteiger partial charge < -0.3 is 30.5 Å². The highest BCUT2D eigenvalue weighted by Gasteiger charge is 2.48. The molecule has 284 valence electrons. The zero-order valence-electron chi connectivity index (χ0n) is 26.8. The van der Waals surface area contributed by atoms with Crippen molar-refractivity contribution < 1.29 is 73.9 Å². The van der Waals surface area contributed by atoms with Crippen molar-refractivity contribution >= 4 is 17.7 Å². The van der Waals surface area contributed by atoms with Crippen LogP contribution in [0.3, 0.4) is 0 Å². The number of fused-ring (bicyclic) bond motifs is 1. The Labute approximate surface area is 288 Å². The molecule has 2 aromatic heterocycles. The van der Waals surface area contributed by atoms with E-state index >= 15 is 0 Å². The van der Waals surface area contributed by atoms with E-state index in [1.54, 1.807) is 0 Å². The summed E-state index contributed by atoms with van der Waals surface area (Å²) in [6.45, 7) is -0.541. The number of carboxylic acids is 1. The van der Waals surface area contributed by atoms with Crippen molar-refractivity contribution in [3.63, 3.8) is 0 Å². The number of anilines is 1. The molecule has 21 heteroatoms. The Morgan fingerprint density at radius 3 is 2.19 bits per heavy atom. The number of aliphatic hydroxyl groups excluding tert-OH is 2. The van der Waals surface area contributed by atoms with Crippen molar-refractivity contribution in [3.8, 4) is 5.75 Å². The number of hydrogen-bond donors (Lipinski definition) is 4. The van der Waals surface area contributed by atoms with Gasteiger partial charge in [0.2, 0.25) is 0 Å². The third-order valence-corrected chi connectivity index (χ3v) is 7.92. The monoisotopic (exact) mass is 755 g/mol. The van der Waals surface area contributed by atoms with Crippen LogP contribution in [-0.4, -0.2) is 73.9 Å². The van der Waals surface area contributed by atoms with Gasteiger partial charge in [0.1, 0.15) is 36.5 Å². The predicted octanol–water partition coefficient (Wildman–Crippen LogP) is 5.27. The normalized spacial score (nSPS) is 18.5. The molecule has 3 atom stereocenters. The summed E-state index contributed by atoms with van der Waals surface area (Å²) < 4.78 is 134. The van der Waals surface area contributed by atoms with Crippen LogP contribution in [0.4, 0.5) is 50.0 Å². The number of ether oxygens (including phenoxy) is 2. The highest BCUT2D eigenvalue weighted by atomic mass is 19.4. The van der Waals surface area contributed by atoms with Gasteiger partial charge in [0, 0.05) is 6.42 Å². The first-order valence-electron chi connectivity index (χ1n) is 15.2. The number of nitrogens with two attached hydrogens (primary N) is 1. The summed E-state index contributed by atoms with van der Waals surface area (Å²) in [6.07, 6.45) is -19.1. The molecule has 12 nitrogen and oxygen atoms in total. The second kappa shape index (κ2) is 15.1. The number of carbonyl (C=O) groups is 2. The topological polar surface area (TPSA) is 181 Å². The second-order valence-electron chi connectivity index (χ2n) is 11.7. The highest BCUT2D eigenvalue weighted by Crippen LogP contribution is 2.46. The van der Waals surface area contributed by atoms with Gasteiger partial charge >= 0.3 is 30.6 Å². The number of rotatable bonds is 11. The third kappa shape index (κ3) is 9.17. The van der Waals surface area contributed by atoms with Crippen LogP contribution >= 0.6 is 0 Å². The summed E-state index contributed by atoms with van der Waals surface area (Å²) in [6, 6.07) is 2.22. The molecule has 52 heavy (non-hydrogen) atoms. The summed E-state index contributed by atoms with van der Waals surface area (Å²) >= 11 is 0. The van der Waals surface area contributed by atoms with Crippen LogP contribution in [0.15, 0.2) is 36.5 Å². The molecule has 5 N–H and O–H groups in total. The molecule has 1 unspecified atom stereocenters. The number of pyridine rings is 1. The Morgan fingerprint density at radius 2 is 1.65 bits per heavy atom. The van der Waals surface area contributed by atoms with Crippen molar-refractivity contribution in [1.82, 2.24) is 15.0 Å². The Morgan fingerprint density at radius 1 is 1.02 bits per heavy atom. The quantitative estimate of drug-likeness (QED) is 0.187. The summed E-state index contributed by atoms with van der Waals surface area (Å²) in [5, 5.41) is 27.9. The standard InChI is InChI=1S/C31H30F9N5O7/c1-2-28(41)11-19(25-21(3-4-23(44-25)31(38,39)40)45(28)27(50)51-6-5-24(48)49)26-42-12-22(52-14-18(47)13-46)20(43-26)9-15-7-16(29(32,33)34)10-17(8-15)30(35,36)37/h3-4,7-8,10,12,18-19,46-47H,2,5-6,9,11,13-14,41H2,1H3,(H,48,49)/t18?,19-,28+/m0/s1. The van der Waals surface area contributed by atoms with Gasteiger partial charge in [0.15, 0.2) is 5.75 Å². The molecule has 1 aliphatic heterocycles. The molecule has 0 saturated carbocycles. The van der Waals surface area contributed by atoms with E-state index < -0.39 is 115 Å². The summed E-state index contributed by atoms with van der Waals surface area (Å²) in [7, 11) is 0. The van der Waals surface area contributed by atoms with E-state index in [0.29, 0.717) is 18.2 Å². The smallest absolute Gasteiger partial charge is 0.433 e. The molecule has 0 aliphatic carbocycles. The molecule has 1 aromatic carbocycles. The van der Waals surface area contributed by atoms with Crippen LogP contribution in [0.5, 0.6) is 5.75 Å². The second-order valence-corrected chi connectivity index (χ2v) is 11.7. The van der Waals surface area contributed by atoms with Crippen molar-refractivity contribution in [2.45, 2.75) is 68.8 Å². The zero-order valence-corrected chi connectivity index (χ0v) is 26.8. The van der Waals surface area contributed by atoms with Gasteiger partial charge in [-0.2, -0.15) is 39.5 Å². The van der Waals surface area contributed by atoms with E-state index in [9.17, 15) is 59.3 Å². The predicted molar refractivity (Wildman–Crippen MR) is 159 cm³/mol. The van der Waals surface area contributed by atoms with Gasteiger partial charge in [0.25, 0.3) is 0 Å². The first kappa shape index (κ1) is 40.0. The minimum absolute atomic E-state index is 0.0865. The first-order valence-corrected chi connectivity index (χ1v) is 15.2. The number of amides is 1. The molecule has 0 radical (unpaired) electrons. The lowest BCUT2D eigenvalue weighted by Crippen LogP contribution is -2.62. The number of aromatic nitrogens is 3. The Hall–Kier alpha value is -4.76. The number of benzene rings is 1. The fourth-order valence-corrected chi connectivity index (χ4v) is 5.33. The average molecular weight is 756 g/mol. The Balaban J connectivity index is 1.90. The molecule has 0 saturated heterocycles. The maximum atomic E-state index is 13.9. The molecular formula is C31H30F9N5O7. The average Bonchev–Trinajstić information content (AvgIpc) is 3.05. The fourth-order valence-electron chi connectivity index (χ4n) is 5.33. The minimum Gasteiger partial charge on any atom is -0.487 e. The lowest BCUT2D eigenvalue weighted by molar-refractivity contribution is -0.143. The van der Waals surface area contributed by atoms with Crippen molar-refractivity contribution in [2.75, 3.05) is 24.7 Å². The van der Waals surface area contributed by atoms with Crippen LogP contribution in [0, 0.1) is 0 Å². The van der Waals surface area contributed by atoms with E-state index in [0.717, 1.165) is 17.2 Å². The Bertz CT molecular complexity index is 1760. The van der Waals surface area contributed by atoms with E-state index in [-0.39, 0.29) is 35.4 Å². The number of carbonyl (C=O) groups excluding carboxylic acids is 1. The van der Waals surface area contributed by atoms with Crippen molar-refractivity contribution in [2.24, 2.45) is 5.73 Å². The zero-order chi connectivity index (χ0) is 38.8. The highest BCUT2D eigenvalue weighted by molar-refractivity contribution is 5.91. The number of hydrogen-bond acceptors (Lipinski definition) is 10. The van der Waals surface area contributed by atoms with E-state index in [2.05, 4.69) is 15.0 Å². The van der Waals surface area contributed by atoms with Crippen LogP contribution in [0.25, 0.3) is 0 Å². The van der Waals surface area contributed by atoms with Gasteiger partial charge in [-0.3, -0.25) is 9.69 Å². The fraction of sp³-hybridized carbons (Fsp3) is 0.452. The summed E-state index contributed by atoms with van der Waals surface area (Å²) in [5.41, 5.74) is -1.55. The van der Waals surface area contributed by atoms with Gasteiger partial charge in [-0.05, 0) is 48.7 Å². The van der Waals surface area contributed by atoms with Crippen LogP contribution in [0.1, 0.15) is 71.7 Å². The van der Waals surface area contributed by atoms with Crippen LogP contribution in [-0.2, 0) is 34.5 Å². The molecule has 3 aromatic rings. The summed E-state index contributed by atoms with van der Waals surface area (Å²) in [4.78, 5) is 37.1. The summed E-state index contributed by atoms with van der Waals surface area (Å²) in [5.74, 6) is -3.45. The number of carboxylic acid groups (broad SMARTS) is 1. The van der Waals surface area contributed by atoms with E-state index in [4.69, 9.17) is 20.3 Å². The molecule has 0 fully saturated rings. The molecule has 3 heterocycles. The number of halogens is 9. The Kier molecular flexibility index (Phi) is 11.6. The minimum atomic E-state index is -5.20. The van der Waals surface area contributed by atoms with Gasteiger partial charge in [0.05, 0.1) is 53.3 Å². The van der Waals surface area contributed by atoms with Crippen LogP contribution in [0.2, 0.25) is 0 Å². The van der Waals surface area contributed by atoms with Gasteiger partial charge in [-0.25, -0.2) is 19.7 Å². The van der Waals surface area contributed by atoms with Crippen molar-refractivity contribution in [1.29, 1.82) is 0 Å². The third-order valence-electron chi connectivity index (χ3n) is 7.92.